The van der Waals surface area contributed by atoms with Gasteiger partial charge < -0.3 is 18.9 Å². The number of fused-ring (bicyclic) bond motifs is 2. The van der Waals surface area contributed by atoms with Gasteiger partial charge >= 0.3 is 0 Å². The van der Waals surface area contributed by atoms with E-state index in [9.17, 15) is 18.0 Å². The molecule has 2 bridgehead atoms. The Kier molecular flexibility index (Phi) is 8.14. The molecule has 4 fully saturated rings. The van der Waals surface area contributed by atoms with Crippen LogP contribution in [0.25, 0.3) is 11.3 Å². The van der Waals surface area contributed by atoms with E-state index in [0.29, 0.717) is 59.5 Å². The second-order valence-corrected chi connectivity index (χ2v) is 14.7. The smallest absolute Gasteiger partial charge is 0.267 e. The summed E-state index contributed by atoms with van der Waals surface area (Å²) in [4.78, 5) is 27.6. The Balaban J connectivity index is 1.02. The quantitative estimate of drug-likeness (QED) is 0.299. The molecule has 2 aliphatic heterocycles. The Labute approximate surface area is 269 Å². The second kappa shape index (κ2) is 12.0. The van der Waals surface area contributed by atoms with Crippen molar-refractivity contribution in [3.8, 4) is 11.3 Å². The lowest BCUT2D eigenvalue weighted by molar-refractivity contribution is -0.126. The lowest BCUT2D eigenvalue weighted by Gasteiger charge is -2.31. The Morgan fingerprint density at radius 1 is 1.13 bits per heavy atom. The first kappa shape index (κ1) is 30.6. The van der Waals surface area contributed by atoms with Gasteiger partial charge in [-0.05, 0) is 62.4 Å². The summed E-state index contributed by atoms with van der Waals surface area (Å²) in [6.45, 7) is 0.941. The highest BCUT2D eigenvalue weighted by Gasteiger charge is 2.52. The van der Waals surface area contributed by atoms with E-state index in [1.807, 2.05) is 4.72 Å². The first-order valence-electron chi connectivity index (χ1n) is 14.9. The van der Waals surface area contributed by atoms with Crippen LogP contribution in [0, 0.1) is 17.7 Å². The fourth-order valence-electron chi connectivity index (χ4n) is 6.66. The molecule has 14 heteroatoms. The van der Waals surface area contributed by atoms with Crippen molar-refractivity contribution in [2.75, 3.05) is 23.9 Å². The first-order valence-corrected chi connectivity index (χ1v) is 17.3. The third kappa shape index (κ3) is 5.98. The summed E-state index contributed by atoms with van der Waals surface area (Å²) in [7, 11) is -3.97. The summed E-state index contributed by atoms with van der Waals surface area (Å²) in [5, 5.41) is 5.19. The third-order valence-electron chi connectivity index (χ3n) is 9.01. The van der Waals surface area contributed by atoms with E-state index in [1.165, 1.54) is 17.0 Å². The van der Waals surface area contributed by atoms with Crippen LogP contribution >= 0.6 is 23.2 Å². The van der Waals surface area contributed by atoms with E-state index in [0.717, 1.165) is 30.2 Å². The summed E-state index contributed by atoms with van der Waals surface area (Å²) in [6, 6.07) is 8.77. The molecule has 2 aromatic carbocycles. The van der Waals surface area contributed by atoms with Crippen molar-refractivity contribution in [3.05, 3.63) is 69.1 Å². The number of ether oxygens (including phenoxy) is 2. The van der Waals surface area contributed by atoms with Gasteiger partial charge in [0.1, 0.15) is 17.3 Å². The molecule has 2 aliphatic carbocycles. The number of nitrogens with zero attached hydrogens (tertiary/aromatic N) is 2. The molecule has 1 aromatic heterocycles. The number of halogens is 3. The summed E-state index contributed by atoms with van der Waals surface area (Å²) >= 11 is 12.9. The number of hydrogen-bond acceptors (Lipinski definition) is 8. The predicted octanol–water partition coefficient (Wildman–Crippen LogP) is 5.47. The van der Waals surface area contributed by atoms with Crippen molar-refractivity contribution in [1.29, 1.82) is 0 Å². The van der Waals surface area contributed by atoms with Gasteiger partial charge in [0.25, 0.3) is 5.91 Å². The highest BCUT2D eigenvalue weighted by atomic mass is 35.5. The molecule has 0 spiro atoms. The molecule has 1 N–H and O–H groups in total. The normalized spacial score (nSPS) is 24.5. The molecule has 4 atom stereocenters. The van der Waals surface area contributed by atoms with Crippen molar-refractivity contribution in [2.45, 2.75) is 56.8 Å². The van der Waals surface area contributed by atoms with Gasteiger partial charge in [0, 0.05) is 41.3 Å². The Bertz CT molecular complexity index is 1750. The SMILES string of the molecule is O=C(NS(=O)(=O)CC1CCOC1)c1ccc(N2C(=O)[C@@H]3C[C@H]2C[C@H]3OCc2c(-c3c(Cl)cccc3Cl)noc2C2CC2)cc1F. The number of benzene rings is 2. The summed E-state index contributed by atoms with van der Waals surface area (Å²) in [5.41, 5.74) is 1.76. The average Bonchev–Trinajstić information content (AvgIpc) is 3.28. The highest BCUT2D eigenvalue weighted by Crippen LogP contribution is 2.48. The van der Waals surface area contributed by atoms with Crippen LogP contribution in [0.5, 0.6) is 0 Å². The van der Waals surface area contributed by atoms with E-state index in [2.05, 4.69) is 5.16 Å². The maximum absolute atomic E-state index is 15.1. The van der Waals surface area contributed by atoms with Crippen LogP contribution in [-0.4, -0.2) is 56.5 Å². The van der Waals surface area contributed by atoms with Crippen LogP contribution in [0.4, 0.5) is 10.1 Å². The molecule has 3 aromatic rings. The van der Waals surface area contributed by atoms with Crippen LogP contribution in [0.2, 0.25) is 10.0 Å². The van der Waals surface area contributed by atoms with E-state index >= 15 is 4.39 Å². The summed E-state index contributed by atoms with van der Waals surface area (Å²) < 4.78 is 59.2. The molecule has 1 unspecified atom stereocenters. The van der Waals surface area contributed by atoms with Crippen molar-refractivity contribution in [2.24, 2.45) is 11.8 Å². The van der Waals surface area contributed by atoms with Gasteiger partial charge in [-0.1, -0.05) is 34.4 Å². The average molecular weight is 679 g/mol. The topological polar surface area (TPSA) is 128 Å². The largest absolute Gasteiger partial charge is 0.381 e. The molecule has 238 valence electrons. The van der Waals surface area contributed by atoms with Crippen LogP contribution in [-0.2, 0) is 30.9 Å². The van der Waals surface area contributed by atoms with Crippen LogP contribution in [0.3, 0.4) is 0 Å². The van der Waals surface area contributed by atoms with Gasteiger partial charge in [0.15, 0.2) is 0 Å². The molecule has 3 heterocycles. The third-order valence-corrected chi connectivity index (χ3v) is 11.0. The fourth-order valence-corrected chi connectivity index (χ4v) is 8.60. The molecule has 2 saturated heterocycles. The van der Waals surface area contributed by atoms with Crippen LogP contribution < -0.4 is 9.62 Å². The lowest BCUT2D eigenvalue weighted by Crippen LogP contribution is -2.43. The van der Waals surface area contributed by atoms with Gasteiger partial charge in [0.2, 0.25) is 15.9 Å². The molecular weight excluding hydrogens is 648 g/mol. The maximum Gasteiger partial charge on any atom is 0.267 e. The zero-order chi connectivity index (χ0) is 31.5. The van der Waals surface area contributed by atoms with E-state index in [1.54, 1.807) is 18.2 Å². The Hall–Kier alpha value is -3.03. The van der Waals surface area contributed by atoms with Crippen molar-refractivity contribution < 1.29 is 36.4 Å². The van der Waals surface area contributed by atoms with Crippen LogP contribution in [0.1, 0.15) is 59.7 Å². The number of hydrogen-bond donors (Lipinski definition) is 1. The minimum atomic E-state index is -3.97. The van der Waals surface area contributed by atoms with Gasteiger partial charge in [-0.3, -0.25) is 9.59 Å². The Morgan fingerprint density at radius 2 is 1.91 bits per heavy atom. The number of amides is 2. The van der Waals surface area contributed by atoms with Gasteiger partial charge in [0.05, 0.1) is 46.6 Å². The van der Waals surface area contributed by atoms with Gasteiger partial charge in [-0.25, -0.2) is 17.5 Å². The number of anilines is 1. The number of piperidine rings is 1. The summed E-state index contributed by atoms with van der Waals surface area (Å²) in [6.07, 6.45) is 3.27. The van der Waals surface area contributed by atoms with Crippen LogP contribution in [0.15, 0.2) is 40.9 Å². The zero-order valence-corrected chi connectivity index (χ0v) is 26.3. The molecule has 45 heavy (non-hydrogen) atoms. The number of carbonyl (C=O) groups excluding carboxylic acids is 2. The van der Waals surface area contributed by atoms with E-state index in [4.69, 9.17) is 37.2 Å². The molecule has 10 nitrogen and oxygen atoms in total. The number of rotatable bonds is 10. The lowest BCUT2D eigenvalue weighted by atomic mass is 10.0. The van der Waals surface area contributed by atoms with Crippen molar-refractivity contribution in [1.82, 2.24) is 9.88 Å². The van der Waals surface area contributed by atoms with Gasteiger partial charge in [-0.2, -0.15) is 0 Å². The molecule has 7 rings (SSSR count). The van der Waals surface area contributed by atoms with E-state index in [-0.39, 0.29) is 42.2 Å². The molecule has 0 radical (unpaired) electrons. The highest BCUT2D eigenvalue weighted by molar-refractivity contribution is 7.90. The minimum Gasteiger partial charge on any atom is -0.381 e. The first-order chi connectivity index (χ1) is 21.6. The minimum absolute atomic E-state index is 0.169. The summed E-state index contributed by atoms with van der Waals surface area (Å²) in [5.74, 6) is -2.09. The fraction of sp³-hybridized carbons (Fsp3) is 0.452. The monoisotopic (exact) mass is 677 g/mol. The second-order valence-electron chi connectivity index (χ2n) is 12.1. The Morgan fingerprint density at radius 3 is 2.58 bits per heavy atom. The number of sulfonamides is 1. The number of nitrogens with one attached hydrogen (secondary N) is 1. The zero-order valence-electron chi connectivity index (χ0n) is 24.0. The number of carbonyl (C=O) groups is 2. The van der Waals surface area contributed by atoms with Crippen molar-refractivity contribution >= 4 is 50.7 Å². The predicted molar refractivity (Wildman–Crippen MR) is 163 cm³/mol. The molecule has 2 saturated carbocycles. The molecule has 4 aliphatic rings. The molecular formula is C31H30Cl2FN3O7S. The molecule has 2 amide bonds. The number of aromatic nitrogens is 1. The van der Waals surface area contributed by atoms with Gasteiger partial charge in [-0.15, -0.1) is 0 Å². The maximum atomic E-state index is 15.1. The standard InChI is InChI=1S/C31H30Cl2FN3O7S/c32-23-2-1-3-24(33)27(23)28-22(29(44-35-28)17-4-5-17)14-43-26-12-19-10-21(26)31(39)37(19)18-6-7-20(25(34)11-18)30(38)36-45(40,41)15-16-8-9-42-13-16/h1-3,6-7,11,16-17,19,21,26H,4-5,8-10,12-15H2,(H,36,38)/t16?,19-,21+,26+/m0/s1. The van der Waals surface area contributed by atoms with Crippen molar-refractivity contribution in [3.63, 3.8) is 0 Å². The van der Waals surface area contributed by atoms with E-state index < -0.39 is 33.2 Å².